The van der Waals surface area contributed by atoms with Crippen molar-refractivity contribution in [3.05, 3.63) is 77.3 Å². The van der Waals surface area contributed by atoms with E-state index in [0.717, 1.165) is 16.9 Å². The predicted molar refractivity (Wildman–Crippen MR) is 121 cm³/mol. The van der Waals surface area contributed by atoms with Gasteiger partial charge in [-0.15, -0.1) is 10.2 Å². The first-order valence-electron chi connectivity index (χ1n) is 9.62. The summed E-state index contributed by atoms with van der Waals surface area (Å²) in [6.45, 7) is 4.28. The first-order chi connectivity index (χ1) is 15.0. The van der Waals surface area contributed by atoms with E-state index in [1.54, 1.807) is 18.4 Å². The molecule has 0 aliphatic rings. The lowest BCUT2D eigenvalue weighted by molar-refractivity contribution is -0.115. The molecule has 0 aliphatic carbocycles. The number of nitrogens with one attached hydrogen (secondary N) is 1. The summed E-state index contributed by atoms with van der Waals surface area (Å²) < 4.78 is 7.46. The fourth-order valence-electron chi connectivity index (χ4n) is 2.99. The average molecular weight is 454 g/mol. The van der Waals surface area contributed by atoms with Crippen LogP contribution in [0.5, 0.6) is 0 Å². The van der Waals surface area contributed by atoms with Crippen LogP contribution in [0.3, 0.4) is 0 Å². The van der Waals surface area contributed by atoms with Gasteiger partial charge in [0.25, 0.3) is 0 Å². The van der Waals surface area contributed by atoms with Gasteiger partial charge in [-0.25, -0.2) is 4.98 Å². The van der Waals surface area contributed by atoms with E-state index in [1.807, 2.05) is 54.8 Å². The van der Waals surface area contributed by atoms with Crippen molar-refractivity contribution in [2.45, 2.75) is 30.8 Å². The van der Waals surface area contributed by atoms with Gasteiger partial charge in [-0.2, -0.15) is 0 Å². The third kappa shape index (κ3) is 4.98. The number of aryl methyl sites for hydroxylation is 1. The summed E-state index contributed by atoms with van der Waals surface area (Å²) in [5, 5.41) is 12.3. The first kappa shape index (κ1) is 21.1. The summed E-state index contributed by atoms with van der Waals surface area (Å²) in [5.41, 5.74) is 1.98. The Balaban J connectivity index is 1.58. The van der Waals surface area contributed by atoms with E-state index in [1.165, 1.54) is 18.0 Å². The Morgan fingerprint density at radius 3 is 2.68 bits per heavy atom. The summed E-state index contributed by atoms with van der Waals surface area (Å²) >= 11 is 7.19. The molecule has 9 heteroatoms. The van der Waals surface area contributed by atoms with Gasteiger partial charge in [-0.05, 0) is 37.6 Å². The number of thioether (sulfide) groups is 1. The third-order valence-electron chi connectivity index (χ3n) is 4.63. The van der Waals surface area contributed by atoms with Crippen LogP contribution in [0, 0.1) is 6.92 Å². The lowest BCUT2D eigenvalue weighted by Crippen LogP contribution is -2.23. The Labute approximate surface area is 188 Å². The molecule has 4 aromatic rings. The van der Waals surface area contributed by atoms with Gasteiger partial charge in [-0.1, -0.05) is 53.7 Å². The molecule has 1 unspecified atom stereocenters. The van der Waals surface area contributed by atoms with E-state index in [4.69, 9.17) is 16.0 Å². The number of rotatable bonds is 7. The summed E-state index contributed by atoms with van der Waals surface area (Å²) in [5.74, 6) is 1.72. The second-order valence-electron chi connectivity index (χ2n) is 6.88. The molecule has 0 fully saturated rings. The van der Waals surface area contributed by atoms with Crippen molar-refractivity contribution in [2.24, 2.45) is 0 Å². The summed E-state index contributed by atoms with van der Waals surface area (Å²) in [7, 11) is 0. The van der Waals surface area contributed by atoms with Crippen molar-refractivity contribution in [3.8, 4) is 11.4 Å². The number of halogens is 1. The zero-order valence-electron chi connectivity index (χ0n) is 16.9. The number of carbonyl (C=O) groups excluding carboxylic acids is 1. The predicted octanol–water partition coefficient (Wildman–Crippen LogP) is 5.06. The Morgan fingerprint density at radius 1 is 1.19 bits per heavy atom. The van der Waals surface area contributed by atoms with Crippen LogP contribution >= 0.6 is 23.4 Å². The molecule has 1 aromatic carbocycles. The fraction of sp³-hybridized carbons (Fsp3) is 0.182. The Bertz CT molecular complexity index is 1170. The Hall–Kier alpha value is -3.10. The van der Waals surface area contributed by atoms with E-state index in [9.17, 15) is 4.79 Å². The van der Waals surface area contributed by atoms with Gasteiger partial charge in [-0.3, -0.25) is 9.36 Å². The van der Waals surface area contributed by atoms with Gasteiger partial charge in [0.05, 0.1) is 28.6 Å². The molecule has 0 radical (unpaired) electrons. The number of hydrogen-bond donors (Lipinski definition) is 1. The second-order valence-corrected chi connectivity index (χ2v) is 8.62. The molecule has 0 aliphatic heterocycles. The van der Waals surface area contributed by atoms with Crippen LogP contribution in [0.2, 0.25) is 5.02 Å². The molecule has 1 atom stereocenters. The van der Waals surface area contributed by atoms with Crippen molar-refractivity contribution in [3.63, 3.8) is 0 Å². The van der Waals surface area contributed by atoms with Gasteiger partial charge in [0, 0.05) is 6.20 Å². The molecule has 31 heavy (non-hydrogen) atoms. The first-order valence-corrected chi connectivity index (χ1v) is 10.9. The highest BCUT2D eigenvalue weighted by molar-refractivity contribution is 8.00. The van der Waals surface area contributed by atoms with Crippen LogP contribution in [-0.4, -0.2) is 30.9 Å². The number of pyridine rings is 1. The van der Waals surface area contributed by atoms with Crippen molar-refractivity contribution < 1.29 is 9.21 Å². The molecule has 158 valence electrons. The molecule has 0 bridgehead atoms. The van der Waals surface area contributed by atoms with Crippen molar-refractivity contribution in [2.75, 3.05) is 5.32 Å². The van der Waals surface area contributed by atoms with E-state index in [0.29, 0.717) is 28.4 Å². The topological polar surface area (TPSA) is 85.8 Å². The largest absolute Gasteiger partial charge is 0.469 e. The average Bonchev–Trinajstić information content (AvgIpc) is 3.36. The number of carbonyl (C=O) groups is 1. The fourth-order valence-corrected chi connectivity index (χ4v) is 3.95. The van der Waals surface area contributed by atoms with Crippen molar-refractivity contribution >= 4 is 35.1 Å². The maximum atomic E-state index is 12.7. The highest BCUT2D eigenvalue weighted by atomic mass is 35.5. The van der Waals surface area contributed by atoms with E-state index < -0.39 is 5.25 Å². The van der Waals surface area contributed by atoms with Crippen LogP contribution in [0.4, 0.5) is 5.82 Å². The monoisotopic (exact) mass is 453 g/mol. The molecule has 0 spiro atoms. The Morgan fingerprint density at radius 2 is 2.00 bits per heavy atom. The van der Waals surface area contributed by atoms with Crippen molar-refractivity contribution in [1.82, 2.24) is 19.7 Å². The van der Waals surface area contributed by atoms with Crippen LogP contribution in [0.1, 0.15) is 18.2 Å². The molecule has 3 aromatic heterocycles. The van der Waals surface area contributed by atoms with Gasteiger partial charge in [0.2, 0.25) is 5.91 Å². The summed E-state index contributed by atoms with van der Waals surface area (Å²) in [6.07, 6.45) is 3.12. The van der Waals surface area contributed by atoms with Gasteiger partial charge >= 0.3 is 0 Å². The SMILES string of the molecule is Cc1occc1-c1nnc(SC(C)C(=O)Nc2ccc(Cl)cn2)n1Cc1ccccc1. The smallest absolute Gasteiger partial charge is 0.238 e. The molecule has 3 heterocycles. The molecular formula is C22H20ClN5O2S. The van der Waals surface area contributed by atoms with E-state index >= 15 is 0 Å². The van der Waals surface area contributed by atoms with Crippen LogP contribution < -0.4 is 5.32 Å². The third-order valence-corrected chi connectivity index (χ3v) is 5.93. The summed E-state index contributed by atoms with van der Waals surface area (Å²) in [4.78, 5) is 16.8. The number of anilines is 1. The number of benzene rings is 1. The lowest BCUT2D eigenvalue weighted by Gasteiger charge is -2.13. The van der Waals surface area contributed by atoms with Crippen molar-refractivity contribution in [1.29, 1.82) is 0 Å². The molecule has 0 saturated heterocycles. The number of hydrogen-bond acceptors (Lipinski definition) is 6. The number of nitrogens with zero attached hydrogens (tertiary/aromatic N) is 4. The molecule has 1 N–H and O–H groups in total. The van der Waals surface area contributed by atoms with Crippen LogP contribution in [0.25, 0.3) is 11.4 Å². The molecule has 1 amide bonds. The number of furan rings is 1. The second kappa shape index (κ2) is 9.36. The standard InChI is InChI=1S/C22H20ClN5O2S/c1-14-18(10-11-30-14)20-26-27-22(28(20)13-16-6-4-3-5-7-16)31-15(2)21(29)25-19-9-8-17(23)12-24-19/h3-12,15H,13H2,1-2H3,(H,24,25,29). The van der Waals surface area contributed by atoms with E-state index in [2.05, 4.69) is 20.5 Å². The highest BCUT2D eigenvalue weighted by Gasteiger charge is 2.22. The van der Waals surface area contributed by atoms with Gasteiger partial charge in [0.1, 0.15) is 11.6 Å². The molecule has 7 nitrogen and oxygen atoms in total. The highest BCUT2D eigenvalue weighted by Crippen LogP contribution is 2.30. The van der Waals surface area contributed by atoms with Gasteiger partial charge < -0.3 is 9.73 Å². The number of aromatic nitrogens is 4. The van der Waals surface area contributed by atoms with Crippen LogP contribution in [0.15, 0.2) is 70.6 Å². The molecular weight excluding hydrogens is 434 g/mol. The Kier molecular flexibility index (Phi) is 6.39. The minimum Gasteiger partial charge on any atom is -0.469 e. The zero-order valence-corrected chi connectivity index (χ0v) is 18.5. The number of amides is 1. The van der Waals surface area contributed by atoms with Gasteiger partial charge in [0.15, 0.2) is 11.0 Å². The lowest BCUT2D eigenvalue weighted by atomic mass is 10.2. The maximum Gasteiger partial charge on any atom is 0.238 e. The van der Waals surface area contributed by atoms with Crippen LogP contribution in [-0.2, 0) is 11.3 Å². The van der Waals surface area contributed by atoms with E-state index in [-0.39, 0.29) is 5.91 Å². The normalized spacial score (nSPS) is 12.0. The molecule has 0 saturated carbocycles. The minimum absolute atomic E-state index is 0.185. The minimum atomic E-state index is -0.422. The molecule has 4 rings (SSSR count). The summed E-state index contributed by atoms with van der Waals surface area (Å²) in [6, 6.07) is 15.3. The zero-order chi connectivity index (χ0) is 21.8. The maximum absolute atomic E-state index is 12.7. The quantitative estimate of drug-likeness (QED) is 0.393.